The lowest BCUT2D eigenvalue weighted by Gasteiger charge is -2.32. The first-order chi connectivity index (χ1) is 8.83. The van der Waals surface area contributed by atoms with E-state index in [9.17, 15) is 0 Å². The van der Waals surface area contributed by atoms with Crippen molar-refractivity contribution in [1.29, 1.82) is 0 Å². The number of para-hydroxylation sites is 1. The molecule has 0 saturated heterocycles. The second kappa shape index (κ2) is 6.92. The van der Waals surface area contributed by atoms with Crippen molar-refractivity contribution in [3.63, 3.8) is 0 Å². The molecule has 0 aliphatic carbocycles. The molecule has 0 radical (unpaired) electrons. The van der Waals surface area contributed by atoms with Gasteiger partial charge >= 0.3 is 0 Å². The molecule has 108 valence electrons. The summed E-state index contributed by atoms with van der Waals surface area (Å²) in [5, 5.41) is 3.52. The summed E-state index contributed by atoms with van der Waals surface area (Å²) in [5.74, 6) is 0.979. The van der Waals surface area contributed by atoms with Crippen molar-refractivity contribution in [2.45, 2.75) is 45.9 Å². The zero-order valence-corrected chi connectivity index (χ0v) is 13.2. The maximum atomic E-state index is 5.83. The van der Waals surface area contributed by atoms with Crippen LogP contribution in [0.1, 0.15) is 33.3 Å². The molecular formula is C16H28N2O. The van der Waals surface area contributed by atoms with Crippen LogP contribution in [-0.2, 0) is 6.54 Å². The first kappa shape index (κ1) is 16.0. The van der Waals surface area contributed by atoms with Gasteiger partial charge in [0.15, 0.2) is 0 Å². The number of hydrogen-bond donors (Lipinski definition) is 1. The van der Waals surface area contributed by atoms with Gasteiger partial charge in [-0.05, 0) is 47.9 Å². The second-order valence-electron chi connectivity index (χ2n) is 6.08. The lowest BCUT2D eigenvalue weighted by Crippen LogP contribution is -2.46. The summed E-state index contributed by atoms with van der Waals surface area (Å²) in [6.45, 7) is 10.3. The molecule has 3 heteroatoms. The van der Waals surface area contributed by atoms with Crippen molar-refractivity contribution in [3.05, 3.63) is 29.8 Å². The zero-order valence-electron chi connectivity index (χ0n) is 13.2. The molecule has 3 nitrogen and oxygen atoms in total. The number of rotatable bonds is 7. The minimum atomic E-state index is 0.147. The fraction of sp³-hybridized carbons (Fsp3) is 0.625. The Bertz CT molecular complexity index is 386. The normalized spacial score (nSPS) is 12.2. The summed E-state index contributed by atoms with van der Waals surface area (Å²) in [6.07, 6.45) is 0.208. The van der Waals surface area contributed by atoms with Gasteiger partial charge in [0.05, 0.1) is 6.10 Å². The van der Waals surface area contributed by atoms with Gasteiger partial charge in [-0.1, -0.05) is 18.2 Å². The lowest BCUT2D eigenvalue weighted by molar-refractivity contribution is 0.189. The Labute approximate surface area is 118 Å². The van der Waals surface area contributed by atoms with Crippen LogP contribution in [-0.4, -0.2) is 37.2 Å². The lowest BCUT2D eigenvalue weighted by atomic mass is 10.0. The largest absolute Gasteiger partial charge is 0.491 e. The maximum absolute atomic E-state index is 5.83. The maximum Gasteiger partial charge on any atom is 0.124 e. The quantitative estimate of drug-likeness (QED) is 0.819. The van der Waals surface area contributed by atoms with Crippen LogP contribution in [0.2, 0.25) is 0 Å². The van der Waals surface area contributed by atoms with E-state index >= 15 is 0 Å². The van der Waals surface area contributed by atoms with Crippen molar-refractivity contribution in [2.24, 2.45) is 0 Å². The van der Waals surface area contributed by atoms with E-state index < -0.39 is 0 Å². The molecule has 0 atom stereocenters. The Morgan fingerprint density at radius 1 is 1.21 bits per heavy atom. The van der Waals surface area contributed by atoms with Gasteiger partial charge in [0.2, 0.25) is 0 Å². The number of benzene rings is 1. The fourth-order valence-corrected chi connectivity index (χ4v) is 1.68. The Kier molecular flexibility index (Phi) is 5.83. The van der Waals surface area contributed by atoms with Crippen LogP contribution >= 0.6 is 0 Å². The van der Waals surface area contributed by atoms with E-state index in [4.69, 9.17) is 4.74 Å². The van der Waals surface area contributed by atoms with Gasteiger partial charge in [-0.15, -0.1) is 0 Å². The molecule has 0 aromatic heterocycles. The third-order valence-corrected chi connectivity index (χ3v) is 3.42. The zero-order chi connectivity index (χ0) is 14.5. The van der Waals surface area contributed by atoms with Crippen molar-refractivity contribution >= 4 is 0 Å². The van der Waals surface area contributed by atoms with E-state index in [0.29, 0.717) is 0 Å². The molecule has 0 unspecified atom stereocenters. The molecule has 0 amide bonds. The van der Waals surface area contributed by atoms with Gasteiger partial charge in [0.1, 0.15) is 5.75 Å². The van der Waals surface area contributed by atoms with Gasteiger partial charge in [0.25, 0.3) is 0 Å². The molecule has 1 rings (SSSR count). The van der Waals surface area contributed by atoms with Gasteiger partial charge in [-0.2, -0.15) is 0 Å². The molecule has 0 aliphatic heterocycles. The minimum absolute atomic E-state index is 0.147. The third-order valence-electron chi connectivity index (χ3n) is 3.42. The third kappa shape index (κ3) is 5.21. The first-order valence-electron chi connectivity index (χ1n) is 6.95. The van der Waals surface area contributed by atoms with Gasteiger partial charge in [-0.3, -0.25) is 0 Å². The number of hydrogen-bond acceptors (Lipinski definition) is 3. The van der Waals surface area contributed by atoms with Crippen LogP contribution in [0.3, 0.4) is 0 Å². The predicted octanol–water partition coefficient (Wildman–Crippen LogP) is 2.90. The Hall–Kier alpha value is -1.06. The van der Waals surface area contributed by atoms with Crippen LogP contribution in [0, 0.1) is 0 Å². The summed E-state index contributed by atoms with van der Waals surface area (Å²) >= 11 is 0. The summed E-state index contributed by atoms with van der Waals surface area (Å²) in [5.41, 5.74) is 1.36. The van der Waals surface area contributed by atoms with Crippen LogP contribution in [0.25, 0.3) is 0 Å². The highest BCUT2D eigenvalue weighted by Crippen LogP contribution is 2.19. The second-order valence-corrected chi connectivity index (χ2v) is 6.08. The van der Waals surface area contributed by atoms with Crippen molar-refractivity contribution in [1.82, 2.24) is 10.2 Å². The number of likely N-dealkylation sites (N-methyl/N-ethyl adjacent to an activating group) is 1. The van der Waals surface area contributed by atoms with Crippen LogP contribution < -0.4 is 10.1 Å². The molecule has 0 spiro atoms. The number of ether oxygens (including phenoxy) is 1. The van der Waals surface area contributed by atoms with Crippen molar-refractivity contribution < 1.29 is 4.74 Å². The fourth-order valence-electron chi connectivity index (χ4n) is 1.68. The molecule has 0 heterocycles. The van der Waals surface area contributed by atoms with Crippen LogP contribution in [0.5, 0.6) is 5.75 Å². The topological polar surface area (TPSA) is 24.5 Å². The molecule has 19 heavy (non-hydrogen) atoms. The van der Waals surface area contributed by atoms with Crippen molar-refractivity contribution in [2.75, 3.05) is 20.6 Å². The first-order valence-corrected chi connectivity index (χ1v) is 6.95. The van der Waals surface area contributed by atoms with Gasteiger partial charge < -0.3 is 15.0 Å². The van der Waals surface area contributed by atoms with E-state index in [0.717, 1.165) is 18.8 Å². The Balaban J connectivity index is 2.58. The molecule has 0 bridgehead atoms. The van der Waals surface area contributed by atoms with Gasteiger partial charge in [-0.25, -0.2) is 0 Å². The standard InChI is InChI=1S/C16H28N2O/c1-13(2)19-15-10-8-7-9-14(15)11-17-12-16(3,4)18(5)6/h7-10,13,17H,11-12H2,1-6H3. The van der Waals surface area contributed by atoms with Gasteiger partial charge in [0, 0.05) is 24.2 Å². The average molecular weight is 264 g/mol. The molecule has 0 fully saturated rings. The van der Waals surface area contributed by atoms with E-state index in [1.54, 1.807) is 0 Å². The monoisotopic (exact) mass is 264 g/mol. The molecule has 1 N–H and O–H groups in total. The molecule has 1 aromatic carbocycles. The van der Waals surface area contributed by atoms with Crippen LogP contribution in [0.4, 0.5) is 0 Å². The highest BCUT2D eigenvalue weighted by Gasteiger charge is 2.19. The highest BCUT2D eigenvalue weighted by atomic mass is 16.5. The Morgan fingerprint density at radius 2 is 1.84 bits per heavy atom. The molecule has 0 saturated carbocycles. The van der Waals surface area contributed by atoms with Crippen LogP contribution in [0.15, 0.2) is 24.3 Å². The van der Waals surface area contributed by atoms with Crippen molar-refractivity contribution in [3.8, 4) is 5.75 Å². The number of nitrogens with one attached hydrogen (secondary N) is 1. The highest BCUT2D eigenvalue weighted by molar-refractivity contribution is 5.33. The van der Waals surface area contributed by atoms with E-state index in [2.05, 4.69) is 64.1 Å². The molecule has 1 aromatic rings. The van der Waals surface area contributed by atoms with E-state index in [-0.39, 0.29) is 11.6 Å². The SMILES string of the molecule is CC(C)Oc1ccccc1CNCC(C)(C)N(C)C. The summed E-state index contributed by atoms with van der Waals surface area (Å²) < 4.78 is 5.83. The smallest absolute Gasteiger partial charge is 0.124 e. The molecular weight excluding hydrogens is 236 g/mol. The van der Waals surface area contributed by atoms with E-state index in [1.807, 2.05) is 12.1 Å². The predicted molar refractivity (Wildman–Crippen MR) is 81.7 cm³/mol. The molecule has 0 aliphatic rings. The Morgan fingerprint density at radius 3 is 2.42 bits per heavy atom. The number of nitrogens with zero attached hydrogens (tertiary/aromatic N) is 1. The summed E-state index contributed by atoms with van der Waals surface area (Å²) in [4.78, 5) is 2.23. The van der Waals surface area contributed by atoms with E-state index in [1.165, 1.54) is 5.56 Å². The summed E-state index contributed by atoms with van der Waals surface area (Å²) in [6, 6.07) is 8.23. The minimum Gasteiger partial charge on any atom is -0.491 e. The average Bonchev–Trinajstić information content (AvgIpc) is 2.30. The summed E-state index contributed by atoms with van der Waals surface area (Å²) in [7, 11) is 4.22.